The van der Waals surface area contributed by atoms with Gasteiger partial charge in [-0.25, -0.2) is 14.6 Å². The van der Waals surface area contributed by atoms with Crippen molar-refractivity contribution in [1.82, 2.24) is 4.57 Å². The molecule has 38 heavy (non-hydrogen) atoms. The number of aromatic nitrogens is 1. The molecule has 0 saturated heterocycles. The summed E-state index contributed by atoms with van der Waals surface area (Å²) in [6.07, 6.45) is 1.69. The Kier molecular flexibility index (Phi) is 8.58. The molecule has 0 bridgehead atoms. The van der Waals surface area contributed by atoms with Crippen LogP contribution in [0.25, 0.3) is 6.08 Å². The van der Waals surface area contributed by atoms with Crippen LogP contribution in [0.2, 0.25) is 5.02 Å². The van der Waals surface area contributed by atoms with Crippen molar-refractivity contribution in [2.45, 2.75) is 19.9 Å². The third-order valence-corrected chi connectivity index (χ3v) is 7.63. The lowest BCUT2D eigenvalue weighted by Crippen LogP contribution is -2.39. The minimum Gasteiger partial charge on any atom is -0.493 e. The quantitative estimate of drug-likeness (QED) is 0.289. The van der Waals surface area contributed by atoms with Gasteiger partial charge in [-0.05, 0) is 77.9 Å². The van der Waals surface area contributed by atoms with Gasteiger partial charge in [-0.1, -0.05) is 35.1 Å². The third kappa shape index (κ3) is 5.64. The number of esters is 1. The number of halogens is 2. The molecule has 9 nitrogen and oxygen atoms in total. The summed E-state index contributed by atoms with van der Waals surface area (Å²) in [5, 5.41) is 9.48. The summed E-state index contributed by atoms with van der Waals surface area (Å²) < 4.78 is 18.6. The number of hydrogen-bond acceptors (Lipinski definition) is 8. The molecule has 0 saturated carbocycles. The van der Waals surface area contributed by atoms with Crippen LogP contribution in [0.3, 0.4) is 0 Å². The molecule has 0 amide bonds. The molecule has 2 heterocycles. The van der Waals surface area contributed by atoms with Crippen molar-refractivity contribution in [1.29, 1.82) is 0 Å². The first-order chi connectivity index (χ1) is 18.1. The molecule has 2 aromatic carbocycles. The average Bonchev–Trinajstić information content (AvgIpc) is 3.16. The van der Waals surface area contributed by atoms with Crippen molar-refractivity contribution >= 4 is 63.5 Å². The van der Waals surface area contributed by atoms with E-state index in [4.69, 9.17) is 30.9 Å². The Bertz CT molecular complexity index is 1630. The molecule has 1 atom stereocenters. The van der Waals surface area contributed by atoms with Gasteiger partial charge in [-0.2, -0.15) is 0 Å². The molecule has 0 fully saturated rings. The highest BCUT2D eigenvalue weighted by molar-refractivity contribution is 14.1. The molecule has 0 radical (unpaired) electrons. The summed E-state index contributed by atoms with van der Waals surface area (Å²) in [6.45, 7) is 3.10. The molecule has 1 N–H and O–H groups in total. The summed E-state index contributed by atoms with van der Waals surface area (Å²) in [5.41, 5.74) is 1.75. The number of nitrogens with zero attached hydrogens (tertiary/aromatic N) is 2. The molecule has 1 aliphatic heterocycles. The highest BCUT2D eigenvalue weighted by Crippen LogP contribution is 2.34. The maximum atomic E-state index is 13.7. The minimum absolute atomic E-state index is 0.181. The summed E-state index contributed by atoms with van der Waals surface area (Å²) >= 11 is 9.30. The number of aliphatic carboxylic acids is 1. The summed E-state index contributed by atoms with van der Waals surface area (Å²) in [6, 6.07) is 9.61. The van der Waals surface area contributed by atoms with Crippen LogP contribution in [0.15, 0.2) is 57.5 Å². The lowest BCUT2D eigenvalue weighted by Gasteiger charge is -2.24. The van der Waals surface area contributed by atoms with Gasteiger partial charge in [0, 0.05) is 5.02 Å². The maximum Gasteiger partial charge on any atom is 0.341 e. The van der Waals surface area contributed by atoms with Crippen molar-refractivity contribution in [2.24, 2.45) is 4.99 Å². The molecule has 1 aliphatic rings. The number of carboxylic acid groups (broad SMARTS) is 1. The van der Waals surface area contributed by atoms with E-state index < -0.39 is 24.6 Å². The van der Waals surface area contributed by atoms with E-state index in [1.807, 2.05) is 22.6 Å². The smallest absolute Gasteiger partial charge is 0.341 e. The predicted molar refractivity (Wildman–Crippen MR) is 151 cm³/mol. The fourth-order valence-corrected chi connectivity index (χ4v) is 5.95. The van der Waals surface area contributed by atoms with Gasteiger partial charge in [0.05, 0.1) is 39.1 Å². The number of fused-ring (bicyclic) bond motifs is 1. The lowest BCUT2D eigenvalue weighted by molar-refractivity contribution is -0.140. The Balaban J connectivity index is 1.88. The number of carboxylic acids is 1. The van der Waals surface area contributed by atoms with E-state index in [-0.39, 0.29) is 17.7 Å². The first kappa shape index (κ1) is 27.9. The zero-order valence-electron chi connectivity index (χ0n) is 20.5. The van der Waals surface area contributed by atoms with Crippen LogP contribution in [0.5, 0.6) is 11.5 Å². The number of benzene rings is 2. The number of carbonyl (C=O) groups excluding carboxylic acids is 1. The highest BCUT2D eigenvalue weighted by Gasteiger charge is 2.33. The predicted octanol–water partition coefficient (Wildman–Crippen LogP) is 3.53. The Hall–Kier alpha value is -3.16. The highest BCUT2D eigenvalue weighted by atomic mass is 127. The number of thiazole rings is 1. The minimum atomic E-state index is -1.11. The number of methoxy groups -OCH3 is 1. The van der Waals surface area contributed by atoms with Crippen molar-refractivity contribution < 1.29 is 28.9 Å². The van der Waals surface area contributed by atoms with Crippen molar-refractivity contribution in [3.8, 4) is 11.5 Å². The van der Waals surface area contributed by atoms with Gasteiger partial charge in [0.15, 0.2) is 22.9 Å². The van der Waals surface area contributed by atoms with Gasteiger partial charge < -0.3 is 19.3 Å². The monoisotopic (exact) mass is 668 g/mol. The molecule has 12 heteroatoms. The number of allylic oxidation sites excluding steroid dienone is 1. The standard InChI is InChI=1S/C26H22ClIN2O7S/c1-4-36-25(34)21-13(2)29-26-30(22(21)15-5-7-16(27)8-6-15)24(33)19(38-26)11-14-9-17(28)23(18(10-14)35-3)37-12-20(31)32/h5-11,22H,4,12H2,1-3H3,(H,31,32)/b19-11-/t22-/m0/s1. The van der Waals surface area contributed by atoms with E-state index in [1.165, 1.54) is 23.0 Å². The Morgan fingerprint density at radius 2 is 1.97 bits per heavy atom. The summed E-state index contributed by atoms with van der Waals surface area (Å²) in [4.78, 5) is 42.7. The number of carbonyl (C=O) groups is 2. The maximum absolute atomic E-state index is 13.7. The normalized spacial score (nSPS) is 15.1. The average molecular weight is 669 g/mol. The van der Waals surface area contributed by atoms with E-state index in [1.54, 1.807) is 56.3 Å². The second-order valence-electron chi connectivity index (χ2n) is 8.07. The van der Waals surface area contributed by atoms with E-state index in [0.29, 0.717) is 46.2 Å². The molecule has 3 aromatic rings. The third-order valence-electron chi connectivity index (χ3n) is 5.59. The molecule has 0 spiro atoms. The van der Waals surface area contributed by atoms with Crippen molar-refractivity contribution in [2.75, 3.05) is 20.3 Å². The molecular weight excluding hydrogens is 647 g/mol. The SMILES string of the molecule is CCOC(=O)C1=C(C)N=c2s/c(=C\c3cc(I)c(OCC(=O)O)c(OC)c3)c(=O)n2[C@H]1c1ccc(Cl)cc1. The largest absolute Gasteiger partial charge is 0.493 e. The fraction of sp³-hybridized carbons (Fsp3) is 0.231. The van der Waals surface area contributed by atoms with Gasteiger partial charge in [-0.15, -0.1) is 0 Å². The number of ether oxygens (including phenoxy) is 3. The van der Waals surface area contributed by atoms with E-state index in [0.717, 1.165) is 0 Å². The Morgan fingerprint density at radius 3 is 2.61 bits per heavy atom. The Morgan fingerprint density at radius 1 is 1.26 bits per heavy atom. The van der Waals surface area contributed by atoms with Gasteiger partial charge in [0.2, 0.25) is 0 Å². The molecule has 4 rings (SSSR count). The van der Waals surface area contributed by atoms with Crippen LogP contribution in [0, 0.1) is 3.57 Å². The van der Waals surface area contributed by atoms with Crippen LogP contribution >= 0.6 is 45.5 Å². The summed E-state index contributed by atoms with van der Waals surface area (Å²) in [5.74, 6) is -1.02. The van der Waals surface area contributed by atoms with Crippen LogP contribution in [-0.4, -0.2) is 41.9 Å². The molecule has 0 unspecified atom stereocenters. The molecular formula is C26H22ClIN2O7S. The fourth-order valence-electron chi connectivity index (χ4n) is 4.00. The zero-order chi connectivity index (χ0) is 27.6. The van der Waals surface area contributed by atoms with Gasteiger partial charge in [-0.3, -0.25) is 9.36 Å². The van der Waals surface area contributed by atoms with Crippen molar-refractivity contribution in [3.05, 3.63) is 87.1 Å². The molecule has 198 valence electrons. The lowest BCUT2D eigenvalue weighted by atomic mass is 9.96. The second kappa shape index (κ2) is 11.7. The van der Waals surface area contributed by atoms with E-state index in [2.05, 4.69) is 4.99 Å². The summed E-state index contributed by atoms with van der Waals surface area (Å²) in [7, 11) is 1.45. The van der Waals surface area contributed by atoms with E-state index >= 15 is 0 Å². The van der Waals surface area contributed by atoms with Crippen LogP contribution in [-0.2, 0) is 14.3 Å². The van der Waals surface area contributed by atoms with Gasteiger partial charge in [0.25, 0.3) is 5.56 Å². The van der Waals surface area contributed by atoms with Crippen LogP contribution < -0.4 is 24.4 Å². The molecule has 0 aliphatic carbocycles. The first-order valence-corrected chi connectivity index (χ1v) is 13.6. The zero-order valence-corrected chi connectivity index (χ0v) is 24.2. The second-order valence-corrected chi connectivity index (χ2v) is 10.7. The number of hydrogen-bond donors (Lipinski definition) is 1. The van der Waals surface area contributed by atoms with Crippen LogP contribution in [0.4, 0.5) is 0 Å². The van der Waals surface area contributed by atoms with E-state index in [9.17, 15) is 14.4 Å². The van der Waals surface area contributed by atoms with Crippen molar-refractivity contribution in [3.63, 3.8) is 0 Å². The Labute approximate surface area is 239 Å². The van der Waals surface area contributed by atoms with Gasteiger partial charge in [0.1, 0.15) is 0 Å². The van der Waals surface area contributed by atoms with Gasteiger partial charge >= 0.3 is 11.9 Å². The van der Waals surface area contributed by atoms with Crippen LogP contribution in [0.1, 0.15) is 31.0 Å². The first-order valence-electron chi connectivity index (χ1n) is 11.3. The number of rotatable bonds is 8. The molecule has 1 aromatic heterocycles. The topological polar surface area (TPSA) is 116 Å².